The lowest BCUT2D eigenvalue weighted by Crippen LogP contribution is -2.07. The van der Waals surface area contributed by atoms with E-state index in [4.69, 9.17) is 14.2 Å². The van der Waals surface area contributed by atoms with Gasteiger partial charge in [-0.25, -0.2) is 0 Å². The molecule has 0 N–H and O–H groups in total. The molecule has 0 saturated heterocycles. The van der Waals surface area contributed by atoms with Gasteiger partial charge in [-0.2, -0.15) is 0 Å². The van der Waals surface area contributed by atoms with Gasteiger partial charge in [0.05, 0.1) is 21.3 Å². The Labute approximate surface area is 130 Å². The first-order chi connectivity index (χ1) is 10.7. The Bertz CT molecular complexity index is 595. The smallest absolute Gasteiger partial charge is 0.170 e. The number of ketones is 1. The molecule has 0 radical (unpaired) electrons. The van der Waals surface area contributed by atoms with E-state index in [-0.39, 0.29) is 5.78 Å². The van der Waals surface area contributed by atoms with Crippen molar-refractivity contribution in [3.8, 4) is 17.2 Å². The van der Waals surface area contributed by atoms with Crippen LogP contribution >= 0.6 is 0 Å². The second-order valence-corrected chi connectivity index (χ2v) is 4.85. The van der Waals surface area contributed by atoms with Gasteiger partial charge in [0.25, 0.3) is 0 Å². The zero-order valence-corrected chi connectivity index (χ0v) is 13.2. The summed E-state index contributed by atoms with van der Waals surface area (Å²) in [6, 6.07) is 7.33. The van der Waals surface area contributed by atoms with E-state index in [0.717, 1.165) is 13.0 Å². The summed E-state index contributed by atoms with van der Waals surface area (Å²) in [5.41, 5.74) is 0.471. The molecule has 1 heterocycles. The lowest BCUT2D eigenvalue weighted by atomic mass is 10.0. The van der Waals surface area contributed by atoms with Crippen LogP contribution in [-0.2, 0) is 6.54 Å². The summed E-state index contributed by atoms with van der Waals surface area (Å²) >= 11 is 0. The molecule has 118 valence electrons. The number of benzene rings is 1. The van der Waals surface area contributed by atoms with Crippen LogP contribution < -0.4 is 14.2 Å². The number of rotatable bonds is 8. The third-order valence-corrected chi connectivity index (χ3v) is 3.48. The van der Waals surface area contributed by atoms with Crippen LogP contribution in [0.25, 0.3) is 0 Å². The molecule has 0 spiro atoms. The maximum Gasteiger partial charge on any atom is 0.170 e. The van der Waals surface area contributed by atoms with Crippen LogP contribution in [0.2, 0.25) is 0 Å². The number of aryl methyl sites for hydroxylation is 1. The molecule has 22 heavy (non-hydrogen) atoms. The van der Waals surface area contributed by atoms with E-state index in [1.807, 2.05) is 24.5 Å². The number of aromatic nitrogens is 1. The van der Waals surface area contributed by atoms with Gasteiger partial charge in [0, 0.05) is 37.5 Å². The van der Waals surface area contributed by atoms with Gasteiger partial charge in [0.15, 0.2) is 5.78 Å². The average Bonchev–Trinajstić information content (AvgIpc) is 3.06. The summed E-state index contributed by atoms with van der Waals surface area (Å²) in [5, 5.41) is 0. The van der Waals surface area contributed by atoms with Crippen molar-refractivity contribution in [2.75, 3.05) is 21.3 Å². The molecule has 0 aliphatic rings. The molecule has 5 nitrogen and oxygen atoms in total. The van der Waals surface area contributed by atoms with E-state index in [2.05, 4.69) is 4.57 Å². The zero-order valence-electron chi connectivity index (χ0n) is 13.2. The van der Waals surface area contributed by atoms with E-state index in [9.17, 15) is 4.79 Å². The molecule has 0 aliphatic carbocycles. The minimum atomic E-state index is 0.00325. The Balaban J connectivity index is 2.13. The molecule has 0 fully saturated rings. The van der Waals surface area contributed by atoms with Gasteiger partial charge in [-0.05, 0) is 18.6 Å². The normalized spacial score (nSPS) is 10.3. The lowest BCUT2D eigenvalue weighted by molar-refractivity contribution is 0.0972. The van der Waals surface area contributed by atoms with Crippen molar-refractivity contribution >= 4 is 5.78 Å². The predicted molar refractivity (Wildman–Crippen MR) is 84.1 cm³/mol. The fourth-order valence-corrected chi connectivity index (χ4v) is 2.35. The van der Waals surface area contributed by atoms with Crippen molar-refractivity contribution in [1.82, 2.24) is 4.57 Å². The minimum absolute atomic E-state index is 0.00325. The lowest BCUT2D eigenvalue weighted by Gasteiger charge is -2.14. The highest BCUT2D eigenvalue weighted by Gasteiger charge is 2.19. The molecule has 0 amide bonds. The van der Waals surface area contributed by atoms with Crippen molar-refractivity contribution in [1.29, 1.82) is 0 Å². The number of Topliss-reactive ketones (excluding diaryl/α,β-unsaturated/α-hetero) is 1. The molecule has 0 aliphatic heterocycles. The fourth-order valence-electron chi connectivity index (χ4n) is 2.35. The topological polar surface area (TPSA) is 49.7 Å². The van der Waals surface area contributed by atoms with Crippen molar-refractivity contribution in [2.45, 2.75) is 19.4 Å². The Morgan fingerprint density at radius 2 is 1.59 bits per heavy atom. The molecule has 2 rings (SSSR count). The molecule has 0 unspecified atom stereocenters. The summed E-state index contributed by atoms with van der Waals surface area (Å²) in [5.74, 6) is 1.55. The molecule has 5 heteroatoms. The highest BCUT2D eigenvalue weighted by molar-refractivity contribution is 6.01. The van der Waals surface area contributed by atoms with Gasteiger partial charge in [-0.15, -0.1) is 0 Å². The Morgan fingerprint density at radius 1 is 1.00 bits per heavy atom. The van der Waals surface area contributed by atoms with Gasteiger partial charge < -0.3 is 18.8 Å². The molecule has 0 atom stereocenters. The van der Waals surface area contributed by atoms with Gasteiger partial charge >= 0.3 is 0 Å². The van der Waals surface area contributed by atoms with Crippen molar-refractivity contribution in [3.05, 3.63) is 42.2 Å². The predicted octanol–water partition coefficient (Wildman–Crippen LogP) is 3.18. The van der Waals surface area contributed by atoms with Crippen LogP contribution in [0.3, 0.4) is 0 Å². The second-order valence-electron chi connectivity index (χ2n) is 4.85. The molecule has 1 aromatic carbocycles. The van der Waals surface area contributed by atoms with Gasteiger partial charge in [-0.1, -0.05) is 0 Å². The van der Waals surface area contributed by atoms with E-state index >= 15 is 0 Å². The first-order valence-electron chi connectivity index (χ1n) is 7.13. The number of hydrogen-bond donors (Lipinski definition) is 0. The number of hydrogen-bond acceptors (Lipinski definition) is 4. The molecule has 2 aromatic rings. The van der Waals surface area contributed by atoms with Gasteiger partial charge in [-0.3, -0.25) is 4.79 Å². The summed E-state index contributed by atoms with van der Waals surface area (Å²) < 4.78 is 17.9. The van der Waals surface area contributed by atoms with Crippen molar-refractivity contribution in [3.63, 3.8) is 0 Å². The highest BCUT2D eigenvalue weighted by Crippen LogP contribution is 2.35. The number of carbonyl (C=O) groups excluding carboxylic acids is 1. The zero-order chi connectivity index (χ0) is 15.9. The van der Waals surface area contributed by atoms with E-state index in [0.29, 0.717) is 29.2 Å². The summed E-state index contributed by atoms with van der Waals surface area (Å²) in [7, 11) is 4.63. The summed E-state index contributed by atoms with van der Waals surface area (Å²) in [4.78, 5) is 12.5. The molecule has 0 saturated carbocycles. The quantitative estimate of drug-likeness (QED) is 0.703. The molecular weight excluding hydrogens is 282 g/mol. The van der Waals surface area contributed by atoms with Gasteiger partial charge in [0.1, 0.15) is 22.8 Å². The Morgan fingerprint density at radius 3 is 2.09 bits per heavy atom. The SMILES string of the molecule is COc1cc(OC)c(C(=O)CCCn2cccc2)c(OC)c1. The largest absolute Gasteiger partial charge is 0.496 e. The van der Waals surface area contributed by atoms with E-state index < -0.39 is 0 Å². The maximum atomic E-state index is 12.5. The number of methoxy groups -OCH3 is 3. The highest BCUT2D eigenvalue weighted by atomic mass is 16.5. The second kappa shape index (κ2) is 7.54. The van der Waals surface area contributed by atoms with Crippen molar-refractivity contribution < 1.29 is 19.0 Å². The monoisotopic (exact) mass is 303 g/mol. The third kappa shape index (κ3) is 3.61. The van der Waals surface area contributed by atoms with Crippen LogP contribution in [-0.4, -0.2) is 31.7 Å². The van der Waals surface area contributed by atoms with Crippen molar-refractivity contribution in [2.24, 2.45) is 0 Å². The van der Waals surface area contributed by atoms with Crippen LogP contribution in [0.4, 0.5) is 0 Å². The molecule has 0 bridgehead atoms. The first kappa shape index (κ1) is 15.9. The first-order valence-corrected chi connectivity index (χ1v) is 7.13. The maximum absolute atomic E-state index is 12.5. The van der Waals surface area contributed by atoms with Crippen LogP contribution in [0.5, 0.6) is 17.2 Å². The van der Waals surface area contributed by atoms with Crippen LogP contribution in [0.1, 0.15) is 23.2 Å². The average molecular weight is 303 g/mol. The minimum Gasteiger partial charge on any atom is -0.496 e. The number of nitrogens with zero attached hydrogens (tertiary/aromatic N) is 1. The Hall–Kier alpha value is -2.43. The van der Waals surface area contributed by atoms with E-state index in [1.165, 1.54) is 14.2 Å². The molecule has 1 aromatic heterocycles. The third-order valence-electron chi connectivity index (χ3n) is 3.48. The number of carbonyl (C=O) groups is 1. The van der Waals surface area contributed by atoms with E-state index in [1.54, 1.807) is 19.2 Å². The molecular formula is C17H21NO4. The van der Waals surface area contributed by atoms with Crippen LogP contribution in [0.15, 0.2) is 36.7 Å². The fraction of sp³-hybridized carbons (Fsp3) is 0.353. The van der Waals surface area contributed by atoms with Gasteiger partial charge in [0.2, 0.25) is 0 Å². The summed E-state index contributed by atoms with van der Waals surface area (Å²) in [6.07, 6.45) is 5.15. The Kier molecular flexibility index (Phi) is 5.47. The standard InChI is InChI=1S/C17H21NO4/c1-20-13-11-15(21-2)17(16(12-13)22-3)14(19)7-6-10-18-8-4-5-9-18/h4-5,8-9,11-12H,6-7,10H2,1-3H3. The number of ether oxygens (including phenoxy) is 3. The van der Waals surface area contributed by atoms with Crippen LogP contribution in [0, 0.1) is 0 Å². The summed E-state index contributed by atoms with van der Waals surface area (Å²) in [6.45, 7) is 0.805.